The maximum Gasteiger partial charge on any atom is 0.0223 e. The Labute approximate surface area is 77.9 Å². The minimum Gasteiger partial charge on any atom is -0.102 e. The number of hydrogen-bond donors (Lipinski definition) is 0. The Balaban J connectivity index is 2.83. The molecule has 0 unspecified atom stereocenters. The first-order valence-corrected chi connectivity index (χ1v) is 7.80. The Morgan fingerprint density at radius 1 is 1.40 bits per heavy atom. The van der Waals surface area contributed by atoms with Crippen LogP contribution in [0.5, 0.6) is 0 Å². The third-order valence-electron chi connectivity index (χ3n) is 0.493. The first-order valence-electron chi connectivity index (χ1n) is 2.75. The Bertz CT molecular complexity index is 99.9. The Morgan fingerprint density at radius 2 is 2.20 bits per heavy atom. The molecule has 0 aliphatic rings. The molecule has 0 heterocycles. The second-order valence-corrected chi connectivity index (χ2v) is 7.13. The smallest absolute Gasteiger partial charge is 0.0223 e. The fraction of sp³-hybridized carbons (Fsp3) is 0.333. The summed E-state index contributed by atoms with van der Waals surface area (Å²) in [4.78, 5) is 0. The fourth-order valence-electron chi connectivity index (χ4n) is 0.190. The summed E-state index contributed by atoms with van der Waals surface area (Å²) in [7, 11) is 7.13. The van der Waals surface area contributed by atoms with Crippen molar-refractivity contribution in [1.82, 2.24) is 0 Å². The van der Waals surface area contributed by atoms with E-state index in [1.165, 1.54) is 0 Å². The molecular formula is C6H10S4. The normalized spacial score (nSPS) is 10.5. The number of hydrogen-bond acceptors (Lipinski definition) is 4. The van der Waals surface area contributed by atoms with E-state index in [0.29, 0.717) is 0 Å². The van der Waals surface area contributed by atoms with Crippen LogP contribution >= 0.6 is 41.2 Å². The molecule has 0 radical (unpaired) electrons. The van der Waals surface area contributed by atoms with Crippen LogP contribution in [-0.2, 0) is 0 Å². The third-order valence-corrected chi connectivity index (χ3v) is 6.48. The highest BCUT2D eigenvalue weighted by molar-refractivity contribution is 9.26. The molecule has 0 saturated heterocycles. The van der Waals surface area contributed by atoms with Gasteiger partial charge in [-0.15, -0.1) is 6.58 Å². The topological polar surface area (TPSA) is 0 Å². The Hall–Kier alpha value is 0.880. The van der Waals surface area contributed by atoms with Crippen molar-refractivity contribution >= 4 is 41.2 Å². The van der Waals surface area contributed by atoms with E-state index in [2.05, 4.69) is 12.0 Å². The lowest BCUT2D eigenvalue weighted by Gasteiger charge is -1.91. The molecule has 0 fully saturated rings. The predicted molar refractivity (Wildman–Crippen MR) is 60.2 cm³/mol. The van der Waals surface area contributed by atoms with Crippen LogP contribution in [-0.4, -0.2) is 5.75 Å². The van der Waals surface area contributed by atoms with E-state index in [4.69, 9.17) is 0 Å². The van der Waals surface area contributed by atoms with E-state index < -0.39 is 0 Å². The number of rotatable bonds is 6. The molecule has 0 N–H and O–H groups in total. The summed E-state index contributed by atoms with van der Waals surface area (Å²) in [6.45, 7) is 5.65. The maximum atomic E-state index is 3.63. The molecule has 0 saturated carbocycles. The number of allylic oxidation sites excluding steroid dienone is 1. The average Bonchev–Trinajstić information content (AvgIpc) is 1.97. The van der Waals surface area contributed by atoms with Crippen molar-refractivity contribution in [2.75, 3.05) is 5.75 Å². The molecular weight excluding hydrogens is 200 g/mol. The minimum absolute atomic E-state index is 1.02. The SMILES string of the molecule is C=CCSSSS/C=C/C. The quantitative estimate of drug-likeness (QED) is 0.362. The van der Waals surface area contributed by atoms with Gasteiger partial charge in [0.15, 0.2) is 0 Å². The summed E-state index contributed by atoms with van der Waals surface area (Å²) in [5.41, 5.74) is 0. The zero-order chi connectivity index (χ0) is 7.66. The van der Waals surface area contributed by atoms with Gasteiger partial charge in [0.25, 0.3) is 0 Å². The highest BCUT2D eigenvalue weighted by Crippen LogP contribution is 2.43. The predicted octanol–water partition coefficient (Wildman–Crippen LogP) is 4.38. The van der Waals surface area contributed by atoms with Crippen molar-refractivity contribution in [3.8, 4) is 0 Å². The summed E-state index contributed by atoms with van der Waals surface area (Å²) < 4.78 is 0. The highest BCUT2D eigenvalue weighted by Gasteiger charge is 1.85. The summed E-state index contributed by atoms with van der Waals surface area (Å²) in [5.74, 6) is 1.02. The van der Waals surface area contributed by atoms with Crippen molar-refractivity contribution in [3.63, 3.8) is 0 Å². The molecule has 0 aromatic heterocycles. The molecule has 0 aromatic rings. The molecule has 0 atom stereocenters. The van der Waals surface area contributed by atoms with Gasteiger partial charge in [0.2, 0.25) is 0 Å². The van der Waals surface area contributed by atoms with Gasteiger partial charge in [0.05, 0.1) is 0 Å². The summed E-state index contributed by atoms with van der Waals surface area (Å²) in [6, 6.07) is 0. The molecule has 0 nitrogen and oxygen atoms in total. The highest BCUT2D eigenvalue weighted by atomic mass is 33.7. The molecule has 0 rings (SSSR count). The fourth-order valence-corrected chi connectivity index (χ4v) is 5.19. The van der Waals surface area contributed by atoms with E-state index in [0.717, 1.165) is 5.75 Å². The first kappa shape index (κ1) is 10.9. The zero-order valence-corrected chi connectivity index (χ0v) is 9.05. The van der Waals surface area contributed by atoms with Gasteiger partial charge in [0.1, 0.15) is 0 Å². The van der Waals surface area contributed by atoms with Gasteiger partial charge in [-0.25, -0.2) is 0 Å². The summed E-state index contributed by atoms with van der Waals surface area (Å²) in [5, 5.41) is 2.08. The molecule has 0 amide bonds. The van der Waals surface area contributed by atoms with E-state index in [-0.39, 0.29) is 0 Å². The first-order chi connectivity index (χ1) is 4.91. The second kappa shape index (κ2) is 9.88. The largest absolute Gasteiger partial charge is 0.102 e. The van der Waals surface area contributed by atoms with Crippen LogP contribution in [0.2, 0.25) is 0 Å². The van der Waals surface area contributed by atoms with Crippen molar-refractivity contribution in [1.29, 1.82) is 0 Å². The monoisotopic (exact) mass is 210 g/mol. The van der Waals surface area contributed by atoms with Crippen LogP contribution in [0.3, 0.4) is 0 Å². The van der Waals surface area contributed by atoms with Crippen LogP contribution in [0.25, 0.3) is 0 Å². The van der Waals surface area contributed by atoms with Gasteiger partial charge in [0, 0.05) is 5.75 Å². The molecule has 10 heavy (non-hydrogen) atoms. The van der Waals surface area contributed by atoms with Gasteiger partial charge in [-0.3, -0.25) is 0 Å². The van der Waals surface area contributed by atoms with Gasteiger partial charge < -0.3 is 0 Å². The van der Waals surface area contributed by atoms with Crippen LogP contribution in [0, 0.1) is 0 Å². The van der Waals surface area contributed by atoms with Crippen LogP contribution < -0.4 is 0 Å². The lowest BCUT2D eigenvalue weighted by Crippen LogP contribution is -1.55. The maximum absolute atomic E-state index is 3.63. The van der Waals surface area contributed by atoms with Crippen molar-refractivity contribution in [2.24, 2.45) is 0 Å². The van der Waals surface area contributed by atoms with E-state index in [1.807, 2.05) is 29.9 Å². The van der Waals surface area contributed by atoms with Crippen LogP contribution in [0.4, 0.5) is 0 Å². The minimum atomic E-state index is 1.02. The Kier molecular flexibility index (Phi) is 10.7. The van der Waals surface area contributed by atoms with Crippen molar-refractivity contribution in [3.05, 3.63) is 24.1 Å². The van der Waals surface area contributed by atoms with E-state index >= 15 is 0 Å². The Morgan fingerprint density at radius 3 is 2.80 bits per heavy atom. The second-order valence-electron chi connectivity index (χ2n) is 1.27. The van der Waals surface area contributed by atoms with Gasteiger partial charge >= 0.3 is 0 Å². The molecule has 0 aliphatic heterocycles. The molecule has 58 valence electrons. The molecule has 0 spiro atoms. The van der Waals surface area contributed by atoms with Gasteiger partial charge in [-0.05, 0) is 32.0 Å². The average molecular weight is 210 g/mol. The standard InChI is InChI=1S/C6H10S4/c1-3-5-7-9-10-8-6-4-2/h3-4,6H,1,5H2,2H3/b6-4+. The molecule has 0 bridgehead atoms. The van der Waals surface area contributed by atoms with Crippen LogP contribution in [0.1, 0.15) is 6.92 Å². The lowest BCUT2D eigenvalue weighted by atomic mass is 10.8. The summed E-state index contributed by atoms with van der Waals surface area (Å²) >= 11 is 0. The lowest BCUT2D eigenvalue weighted by molar-refractivity contribution is 1.79. The molecule has 0 aromatic carbocycles. The van der Waals surface area contributed by atoms with E-state index in [1.54, 1.807) is 30.4 Å². The van der Waals surface area contributed by atoms with Gasteiger partial charge in [-0.1, -0.05) is 33.7 Å². The van der Waals surface area contributed by atoms with Gasteiger partial charge in [-0.2, -0.15) is 0 Å². The van der Waals surface area contributed by atoms with E-state index in [9.17, 15) is 0 Å². The molecule has 0 aliphatic carbocycles. The van der Waals surface area contributed by atoms with Crippen LogP contribution in [0.15, 0.2) is 24.1 Å². The molecule has 4 heteroatoms. The van der Waals surface area contributed by atoms with Crippen molar-refractivity contribution in [2.45, 2.75) is 6.92 Å². The van der Waals surface area contributed by atoms with Crippen molar-refractivity contribution < 1.29 is 0 Å². The third kappa shape index (κ3) is 8.88. The zero-order valence-electron chi connectivity index (χ0n) is 5.78. The summed E-state index contributed by atoms with van der Waals surface area (Å²) in [6.07, 6.45) is 3.95.